The number of carbonyl (C=O) groups excluding carboxylic acids is 2. The minimum absolute atomic E-state index is 0.260. The predicted molar refractivity (Wildman–Crippen MR) is 111 cm³/mol. The maximum absolute atomic E-state index is 13.1. The molecule has 3 unspecified atom stereocenters. The molecule has 2 aromatic rings. The quantitative estimate of drug-likeness (QED) is 0.631. The fourth-order valence-electron chi connectivity index (χ4n) is 4.42. The summed E-state index contributed by atoms with van der Waals surface area (Å²) in [6.07, 6.45) is 2.72. The number of hydrogen-bond donors (Lipinski definition) is 0. The second kappa shape index (κ2) is 8.37. The molecule has 4 rings (SSSR count). The van der Waals surface area contributed by atoms with Gasteiger partial charge >= 0.3 is 11.9 Å². The van der Waals surface area contributed by atoms with E-state index in [0.29, 0.717) is 29.3 Å². The lowest BCUT2D eigenvalue weighted by molar-refractivity contribution is -0.165. The summed E-state index contributed by atoms with van der Waals surface area (Å²) in [4.78, 5) is 25.4. The van der Waals surface area contributed by atoms with E-state index >= 15 is 0 Å². The molecule has 2 aromatic carbocycles. The number of ether oxygens (including phenoxy) is 2. The third-order valence-corrected chi connectivity index (χ3v) is 6.45. The van der Waals surface area contributed by atoms with Crippen LogP contribution >= 0.6 is 23.2 Å². The molecule has 0 N–H and O–H groups in total. The van der Waals surface area contributed by atoms with Crippen LogP contribution in [-0.2, 0) is 38.3 Å². The summed E-state index contributed by atoms with van der Waals surface area (Å²) in [7, 11) is 1.36. The van der Waals surface area contributed by atoms with Gasteiger partial charge in [-0.15, -0.1) is 0 Å². The molecule has 0 aliphatic heterocycles. The predicted octanol–water partition coefficient (Wildman–Crippen LogP) is 5.12. The first-order valence-corrected chi connectivity index (χ1v) is 10.6. The van der Waals surface area contributed by atoms with Gasteiger partial charge in [-0.3, -0.25) is 9.59 Å². The van der Waals surface area contributed by atoms with Crippen LogP contribution in [0.1, 0.15) is 41.2 Å². The average molecular weight is 433 g/mol. The molecule has 0 heterocycles. The molecule has 152 valence electrons. The fraction of sp³-hybridized carbons (Fsp3) is 0.391. The van der Waals surface area contributed by atoms with Gasteiger partial charge in [0.2, 0.25) is 0 Å². The van der Waals surface area contributed by atoms with E-state index in [1.807, 2.05) is 30.3 Å². The van der Waals surface area contributed by atoms with Crippen LogP contribution in [0.4, 0.5) is 0 Å². The molecule has 3 atom stereocenters. The molecular weight excluding hydrogens is 411 g/mol. The second-order valence-electron chi connectivity index (χ2n) is 7.72. The molecule has 0 spiro atoms. The SMILES string of the molecule is COC(=O)C1CCc2ccc(Cl)cc2C1OC(=O)C1CCc2ccc(Cl)cc2C1. The van der Waals surface area contributed by atoms with Crippen molar-refractivity contribution in [1.82, 2.24) is 0 Å². The van der Waals surface area contributed by atoms with E-state index in [2.05, 4.69) is 0 Å². The zero-order chi connectivity index (χ0) is 20.5. The number of fused-ring (bicyclic) bond motifs is 2. The van der Waals surface area contributed by atoms with Gasteiger partial charge in [0, 0.05) is 10.0 Å². The number of aryl methyl sites for hydroxylation is 2. The zero-order valence-corrected chi connectivity index (χ0v) is 17.6. The van der Waals surface area contributed by atoms with Crippen LogP contribution in [0.25, 0.3) is 0 Å². The van der Waals surface area contributed by atoms with Gasteiger partial charge in [-0.2, -0.15) is 0 Å². The Balaban J connectivity index is 1.58. The minimum atomic E-state index is -0.682. The first kappa shape index (κ1) is 20.2. The molecule has 0 saturated carbocycles. The standard InChI is InChI=1S/C23H22Cl2O4/c1-28-23(27)19-9-6-14-5-8-18(25)12-20(14)21(19)29-22(26)15-3-2-13-4-7-17(24)11-16(13)10-15/h4-5,7-8,11-12,15,19,21H,2-3,6,9-10H2,1H3. The van der Waals surface area contributed by atoms with Gasteiger partial charge in [0.05, 0.1) is 18.9 Å². The van der Waals surface area contributed by atoms with Crippen molar-refractivity contribution in [2.75, 3.05) is 7.11 Å². The summed E-state index contributed by atoms with van der Waals surface area (Å²) < 4.78 is 10.9. The molecule has 0 saturated heterocycles. The molecule has 0 radical (unpaired) electrons. The van der Waals surface area contributed by atoms with Crippen molar-refractivity contribution in [3.8, 4) is 0 Å². The molecule has 0 aromatic heterocycles. The minimum Gasteiger partial charge on any atom is -0.469 e. The molecule has 0 fully saturated rings. The Morgan fingerprint density at radius 2 is 1.59 bits per heavy atom. The third-order valence-electron chi connectivity index (χ3n) is 5.98. The Kier molecular flexibility index (Phi) is 5.84. The first-order valence-electron chi connectivity index (χ1n) is 9.80. The van der Waals surface area contributed by atoms with Gasteiger partial charge in [-0.1, -0.05) is 35.3 Å². The van der Waals surface area contributed by atoms with Crippen LogP contribution in [0.5, 0.6) is 0 Å². The topological polar surface area (TPSA) is 52.6 Å². The molecule has 4 nitrogen and oxygen atoms in total. The van der Waals surface area contributed by atoms with Crippen molar-refractivity contribution in [1.29, 1.82) is 0 Å². The molecule has 0 amide bonds. The van der Waals surface area contributed by atoms with E-state index in [-0.39, 0.29) is 17.9 Å². The average Bonchev–Trinajstić information content (AvgIpc) is 2.72. The van der Waals surface area contributed by atoms with Crippen LogP contribution in [0.3, 0.4) is 0 Å². The number of rotatable bonds is 3. The van der Waals surface area contributed by atoms with Crippen molar-refractivity contribution >= 4 is 35.1 Å². The zero-order valence-electron chi connectivity index (χ0n) is 16.1. The summed E-state index contributed by atoms with van der Waals surface area (Å²) in [6.45, 7) is 0. The molecule has 6 heteroatoms. The Hall–Kier alpha value is -2.04. The first-order chi connectivity index (χ1) is 14.0. The number of esters is 2. The van der Waals surface area contributed by atoms with Crippen LogP contribution in [0, 0.1) is 11.8 Å². The van der Waals surface area contributed by atoms with Crippen molar-refractivity contribution in [2.24, 2.45) is 11.8 Å². The Labute approximate surface area is 180 Å². The Bertz CT molecular complexity index is 956. The van der Waals surface area contributed by atoms with E-state index in [1.54, 1.807) is 6.07 Å². The maximum atomic E-state index is 13.1. The Morgan fingerprint density at radius 1 is 0.897 bits per heavy atom. The van der Waals surface area contributed by atoms with Crippen molar-refractivity contribution < 1.29 is 19.1 Å². The highest BCUT2D eigenvalue weighted by Gasteiger charge is 2.39. The highest BCUT2D eigenvalue weighted by atomic mass is 35.5. The van der Waals surface area contributed by atoms with Gasteiger partial charge in [-0.05, 0) is 78.6 Å². The highest BCUT2D eigenvalue weighted by Crippen LogP contribution is 2.40. The van der Waals surface area contributed by atoms with Gasteiger partial charge in [0.25, 0.3) is 0 Å². The number of carbonyl (C=O) groups is 2. The van der Waals surface area contributed by atoms with Gasteiger partial charge in [0.15, 0.2) is 0 Å². The highest BCUT2D eigenvalue weighted by molar-refractivity contribution is 6.31. The number of hydrogen-bond acceptors (Lipinski definition) is 4. The van der Waals surface area contributed by atoms with E-state index in [4.69, 9.17) is 32.7 Å². The van der Waals surface area contributed by atoms with Gasteiger partial charge < -0.3 is 9.47 Å². The summed E-state index contributed by atoms with van der Waals surface area (Å²) in [5.41, 5.74) is 4.16. The van der Waals surface area contributed by atoms with Crippen molar-refractivity contribution in [2.45, 2.75) is 38.2 Å². The van der Waals surface area contributed by atoms with E-state index in [9.17, 15) is 9.59 Å². The smallest absolute Gasteiger partial charge is 0.312 e. The van der Waals surface area contributed by atoms with E-state index < -0.39 is 12.0 Å². The van der Waals surface area contributed by atoms with Crippen molar-refractivity contribution in [3.05, 3.63) is 68.7 Å². The summed E-state index contributed by atoms with van der Waals surface area (Å²) in [6, 6.07) is 11.4. The van der Waals surface area contributed by atoms with Gasteiger partial charge in [-0.25, -0.2) is 0 Å². The van der Waals surface area contributed by atoms with Crippen LogP contribution in [0.15, 0.2) is 36.4 Å². The van der Waals surface area contributed by atoms with Crippen LogP contribution in [-0.4, -0.2) is 19.0 Å². The second-order valence-corrected chi connectivity index (χ2v) is 8.59. The molecule has 2 aliphatic rings. The summed E-state index contributed by atoms with van der Waals surface area (Å²) >= 11 is 12.3. The van der Waals surface area contributed by atoms with Gasteiger partial charge in [0.1, 0.15) is 6.10 Å². The maximum Gasteiger partial charge on any atom is 0.312 e. The van der Waals surface area contributed by atoms with Crippen LogP contribution < -0.4 is 0 Å². The normalized spacial score (nSPS) is 22.9. The summed E-state index contributed by atoms with van der Waals surface area (Å²) in [5.74, 6) is -1.44. The van der Waals surface area contributed by atoms with E-state index in [1.165, 1.54) is 12.7 Å². The molecule has 2 aliphatic carbocycles. The largest absolute Gasteiger partial charge is 0.469 e. The monoisotopic (exact) mass is 432 g/mol. The lowest BCUT2D eigenvalue weighted by atomic mass is 9.80. The third kappa shape index (κ3) is 4.15. The Morgan fingerprint density at radius 3 is 2.34 bits per heavy atom. The molecule has 0 bridgehead atoms. The summed E-state index contributed by atoms with van der Waals surface area (Å²) in [5, 5.41) is 1.22. The lowest BCUT2D eigenvalue weighted by Gasteiger charge is -2.33. The lowest BCUT2D eigenvalue weighted by Crippen LogP contribution is -2.34. The number of benzene rings is 2. The fourth-order valence-corrected chi connectivity index (χ4v) is 4.80. The molecular formula is C23H22Cl2O4. The van der Waals surface area contributed by atoms with Crippen LogP contribution in [0.2, 0.25) is 10.0 Å². The van der Waals surface area contributed by atoms with Crippen molar-refractivity contribution in [3.63, 3.8) is 0 Å². The number of halogens is 2. The number of methoxy groups -OCH3 is 1. The van der Waals surface area contributed by atoms with E-state index in [0.717, 1.165) is 29.5 Å². The molecule has 29 heavy (non-hydrogen) atoms.